The average molecular weight is 294 g/mol. The van der Waals surface area contributed by atoms with Crippen LogP contribution in [-0.2, 0) is 4.79 Å². The Bertz CT molecular complexity index is 360. The average Bonchev–Trinajstić information content (AvgIpc) is 2.90. The molecule has 3 aliphatic rings. The molecule has 0 aromatic heterocycles. The molecule has 0 radical (unpaired) electrons. The first-order chi connectivity index (χ1) is 10.1. The maximum atomic E-state index is 12.7. The first-order valence-corrected chi connectivity index (χ1v) is 8.86. The number of amides is 1. The van der Waals surface area contributed by atoms with Crippen LogP contribution in [0.3, 0.4) is 0 Å². The fourth-order valence-electron chi connectivity index (χ4n) is 4.32. The number of hydrogen-bond acceptors (Lipinski definition) is 3. The second-order valence-corrected chi connectivity index (χ2v) is 7.43. The number of likely N-dealkylation sites (tertiary alicyclic amines) is 2. The molecule has 21 heavy (non-hydrogen) atoms. The van der Waals surface area contributed by atoms with Crippen LogP contribution in [-0.4, -0.2) is 59.1 Å². The van der Waals surface area contributed by atoms with Crippen molar-refractivity contribution >= 4 is 5.91 Å². The van der Waals surface area contributed by atoms with Crippen molar-refractivity contribution < 1.29 is 9.90 Å². The Morgan fingerprint density at radius 2 is 1.67 bits per heavy atom. The van der Waals surface area contributed by atoms with Gasteiger partial charge in [0, 0.05) is 19.0 Å². The van der Waals surface area contributed by atoms with E-state index in [4.69, 9.17) is 0 Å². The zero-order valence-corrected chi connectivity index (χ0v) is 13.3. The summed E-state index contributed by atoms with van der Waals surface area (Å²) in [5.74, 6) is 1.30. The highest BCUT2D eigenvalue weighted by Gasteiger charge is 2.40. The Morgan fingerprint density at radius 1 is 1.00 bits per heavy atom. The number of carbonyl (C=O) groups excluding carboxylic acids is 1. The van der Waals surface area contributed by atoms with Crippen molar-refractivity contribution in [1.29, 1.82) is 0 Å². The molecule has 3 rings (SSSR count). The summed E-state index contributed by atoms with van der Waals surface area (Å²) in [6.45, 7) is 5.75. The molecule has 2 heterocycles. The molecule has 2 aliphatic heterocycles. The van der Waals surface area contributed by atoms with Crippen LogP contribution in [0.4, 0.5) is 0 Å². The number of carbonyl (C=O) groups is 1. The van der Waals surface area contributed by atoms with Gasteiger partial charge in [-0.05, 0) is 57.5 Å². The van der Waals surface area contributed by atoms with E-state index in [0.717, 1.165) is 38.4 Å². The van der Waals surface area contributed by atoms with Gasteiger partial charge in [-0.25, -0.2) is 0 Å². The van der Waals surface area contributed by atoms with Gasteiger partial charge in [0.25, 0.3) is 0 Å². The summed E-state index contributed by atoms with van der Waals surface area (Å²) < 4.78 is 0. The number of rotatable bonds is 2. The summed E-state index contributed by atoms with van der Waals surface area (Å²) in [4.78, 5) is 17.0. The number of aliphatic hydroxyl groups is 1. The lowest BCUT2D eigenvalue weighted by atomic mass is 9.82. The third-order valence-electron chi connectivity index (χ3n) is 5.80. The molecule has 2 saturated heterocycles. The van der Waals surface area contributed by atoms with Crippen LogP contribution in [0.5, 0.6) is 0 Å². The lowest BCUT2D eigenvalue weighted by Gasteiger charge is -2.33. The predicted octanol–water partition coefficient (Wildman–Crippen LogP) is 1.87. The van der Waals surface area contributed by atoms with Gasteiger partial charge in [0.05, 0.1) is 12.1 Å². The van der Waals surface area contributed by atoms with Crippen molar-refractivity contribution in [3.05, 3.63) is 0 Å². The molecular formula is C17H30N2O2. The highest BCUT2D eigenvalue weighted by molar-refractivity contribution is 5.79. The smallest absolute Gasteiger partial charge is 0.225 e. The topological polar surface area (TPSA) is 43.8 Å². The van der Waals surface area contributed by atoms with Gasteiger partial charge >= 0.3 is 0 Å². The van der Waals surface area contributed by atoms with Crippen LogP contribution in [0, 0.1) is 11.8 Å². The summed E-state index contributed by atoms with van der Waals surface area (Å²) in [5.41, 5.74) is 0. The number of aliphatic hydroxyl groups excluding tert-OH is 1. The Labute approximate surface area is 128 Å². The van der Waals surface area contributed by atoms with Crippen molar-refractivity contribution in [3.63, 3.8) is 0 Å². The number of nitrogens with zero attached hydrogens (tertiary/aromatic N) is 2. The minimum Gasteiger partial charge on any atom is -0.390 e. The van der Waals surface area contributed by atoms with Gasteiger partial charge in [0.1, 0.15) is 0 Å². The van der Waals surface area contributed by atoms with Gasteiger partial charge in [-0.2, -0.15) is 0 Å². The minimum atomic E-state index is -0.352. The molecule has 4 heteroatoms. The van der Waals surface area contributed by atoms with Crippen molar-refractivity contribution in [2.24, 2.45) is 11.8 Å². The van der Waals surface area contributed by atoms with Gasteiger partial charge in [-0.15, -0.1) is 0 Å². The molecule has 0 unspecified atom stereocenters. The van der Waals surface area contributed by atoms with Gasteiger partial charge in [-0.3, -0.25) is 9.69 Å². The molecule has 0 aromatic rings. The van der Waals surface area contributed by atoms with Crippen LogP contribution in [0.2, 0.25) is 0 Å². The zero-order chi connectivity index (χ0) is 14.8. The SMILES string of the molecule is CC1CCC(C(=O)N2C[C@H](O)[C@@H](N3CCCCC3)C2)CC1. The third-order valence-corrected chi connectivity index (χ3v) is 5.80. The molecule has 1 N–H and O–H groups in total. The number of β-amino-alcohol motifs (C(OH)–C–C–N with tert-alkyl or cyclic N) is 1. The Balaban J connectivity index is 1.56. The summed E-state index contributed by atoms with van der Waals surface area (Å²) in [7, 11) is 0. The van der Waals surface area contributed by atoms with E-state index >= 15 is 0 Å². The summed E-state index contributed by atoms with van der Waals surface area (Å²) in [5, 5.41) is 10.4. The zero-order valence-electron chi connectivity index (χ0n) is 13.3. The van der Waals surface area contributed by atoms with E-state index in [0.29, 0.717) is 12.5 Å². The summed E-state index contributed by atoms with van der Waals surface area (Å²) >= 11 is 0. The minimum absolute atomic E-state index is 0.178. The first kappa shape index (κ1) is 15.3. The van der Waals surface area contributed by atoms with E-state index in [-0.39, 0.29) is 18.1 Å². The lowest BCUT2D eigenvalue weighted by Crippen LogP contribution is -2.46. The normalized spacial score (nSPS) is 38.7. The van der Waals surface area contributed by atoms with Gasteiger partial charge in [-0.1, -0.05) is 13.3 Å². The van der Waals surface area contributed by atoms with Crippen LogP contribution >= 0.6 is 0 Å². The maximum Gasteiger partial charge on any atom is 0.225 e. The van der Waals surface area contributed by atoms with E-state index in [1.165, 1.54) is 32.1 Å². The van der Waals surface area contributed by atoms with E-state index in [1.807, 2.05) is 4.90 Å². The Morgan fingerprint density at radius 3 is 2.33 bits per heavy atom. The predicted molar refractivity (Wildman–Crippen MR) is 82.9 cm³/mol. The molecule has 2 atom stereocenters. The van der Waals surface area contributed by atoms with Gasteiger partial charge in [0.2, 0.25) is 5.91 Å². The maximum absolute atomic E-state index is 12.7. The third kappa shape index (κ3) is 3.42. The Hall–Kier alpha value is -0.610. The summed E-state index contributed by atoms with van der Waals surface area (Å²) in [6.07, 6.45) is 7.87. The molecule has 4 nitrogen and oxygen atoms in total. The highest BCUT2D eigenvalue weighted by atomic mass is 16.3. The van der Waals surface area contributed by atoms with Crippen molar-refractivity contribution in [1.82, 2.24) is 9.80 Å². The molecule has 0 spiro atoms. The van der Waals surface area contributed by atoms with Crippen LogP contribution in [0.1, 0.15) is 51.9 Å². The molecule has 0 aromatic carbocycles. The number of hydrogen-bond donors (Lipinski definition) is 1. The molecule has 1 aliphatic carbocycles. The second kappa shape index (κ2) is 6.66. The lowest BCUT2D eigenvalue weighted by molar-refractivity contribution is -0.136. The van der Waals surface area contributed by atoms with Crippen molar-refractivity contribution in [2.75, 3.05) is 26.2 Å². The molecule has 0 bridgehead atoms. The van der Waals surface area contributed by atoms with Crippen molar-refractivity contribution in [2.45, 2.75) is 64.0 Å². The molecule has 1 saturated carbocycles. The quantitative estimate of drug-likeness (QED) is 0.845. The van der Waals surface area contributed by atoms with E-state index < -0.39 is 0 Å². The fourth-order valence-corrected chi connectivity index (χ4v) is 4.32. The molecule has 3 fully saturated rings. The second-order valence-electron chi connectivity index (χ2n) is 7.43. The van der Waals surface area contributed by atoms with Crippen LogP contribution < -0.4 is 0 Å². The Kier molecular flexibility index (Phi) is 4.85. The largest absolute Gasteiger partial charge is 0.390 e. The van der Waals surface area contributed by atoms with Crippen LogP contribution in [0.15, 0.2) is 0 Å². The van der Waals surface area contributed by atoms with Crippen molar-refractivity contribution in [3.8, 4) is 0 Å². The first-order valence-electron chi connectivity index (χ1n) is 8.86. The fraction of sp³-hybridized carbons (Fsp3) is 0.941. The molecule has 1 amide bonds. The molecular weight excluding hydrogens is 264 g/mol. The summed E-state index contributed by atoms with van der Waals surface area (Å²) in [6, 6.07) is 0.178. The highest BCUT2D eigenvalue weighted by Crippen LogP contribution is 2.31. The van der Waals surface area contributed by atoms with E-state index in [9.17, 15) is 9.90 Å². The van der Waals surface area contributed by atoms with Gasteiger partial charge < -0.3 is 10.0 Å². The van der Waals surface area contributed by atoms with Gasteiger partial charge in [0.15, 0.2) is 0 Å². The van der Waals surface area contributed by atoms with E-state index in [1.54, 1.807) is 0 Å². The number of piperidine rings is 1. The monoisotopic (exact) mass is 294 g/mol. The standard InChI is InChI=1S/C17H30N2O2/c1-13-5-7-14(8-6-13)17(21)19-11-15(16(20)12-19)18-9-3-2-4-10-18/h13-16,20H,2-12H2,1H3/t13?,14?,15-,16-/m0/s1. The van der Waals surface area contributed by atoms with Crippen LogP contribution in [0.25, 0.3) is 0 Å². The van der Waals surface area contributed by atoms with E-state index in [2.05, 4.69) is 11.8 Å². The molecule has 120 valence electrons.